The molecule has 6 rings (SSSR count). The predicted octanol–water partition coefficient (Wildman–Crippen LogP) is 2.64. The standard InChI is InChI=1S/C23H22ClN7O2/c1-30-22(18(24)11-26-30)8-21-17-7-14(33-15-9-25-10-15)3-4-16(17)23(32)31(21)12-13-2-5-19-20(6-13)28-29-27-19/h2-7,11,15,21,25H,8-10,12H2,1H3,(H,27,28,29). The van der Waals surface area contributed by atoms with Crippen LogP contribution in [0.5, 0.6) is 5.75 Å². The van der Waals surface area contributed by atoms with Gasteiger partial charge in [-0.1, -0.05) is 22.9 Å². The lowest BCUT2D eigenvalue weighted by molar-refractivity contribution is 0.0707. The van der Waals surface area contributed by atoms with E-state index in [1.54, 1.807) is 10.9 Å². The molecule has 2 aliphatic rings. The fraction of sp³-hybridized carbons (Fsp3) is 0.304. The van der Waals surface area contributed by atoms with E-state index in [2.05, 4.69) is 25.8 Å². The summed E-state index contributed by atoms with van der Waals surface area (Å²) in [7, 11) is 1.87. The number of hydrogen-bond donors (Lipinski definition) is 2. The number of H-pyrrole nitrogens is 1. The zero-order chi connectivity index (χ0) is 22.5. The third kappa shape index (κ3) is 3.53. The molecule has 1 unspecified atom stereocenters. The summed E-state index contributed by atoms with van der Waals surface area (Å²) in [5, 5.41) is 18.9. The number of rotatable bonds is 6. The molecule has 1 saturated heterocycles. The molecule has 2 aromatic heterocycles. The summed E-state index contributed by atoms with van der Waals surface area (Å²) in [5.41, 5.74) is 5.14. The fourth-order valence-electron chi connectivity index (χ4n) is 4.52. The number of aryl methyl sites for hydroxylation is 1. The Morgan fingerprint density at radius 1 is 1.21 bits per heavy atom. The first-order valence-corrected chi connectivity index (χ1v) is 11.2. The Bertz CT molecular complexity index is 1340. The van der Waals surface area contributed by atoms with Gasteiger partial charge in [0, 0.05) is 38.7 Å². The molecule has 0 radical (unpaired) electrons. The molecule has 4 aromatic rings. The number of benzene rings is 2. The first-order valence-electron chi connectivity index (χ1n) is 10.8. The van der Waals surface area contributed by atoms with Crippen molar-refractivity contribution >= 4 is 28.5 Å². The molecule has 1 atom stereocenters. The van der Waals surface area contributed by atoms with Crippen LogP contribution in [0.3, 0.4) is 0 Å². The first-order chi connectivity index (χ1) is 16.1. The van der Waals surface area contributed by atoms with Crippen molar-refractivity contribution in [1.82, 2.24) is 35.4 Å². The van der Waals surface area contributed by atoms with Gasteiger partial charge in [-0.25, -0.2) is 0 Å². The molecule has 2 aliphatic heterocycles. The summed E-state index contributed by atoms with van der Waals surface area (Å²) >= 11 is 6.44. The van der Waals surface area contributed by atoms with Gasteiger partial charge >= 0.3 is 0 Å². The van der Waals surface area contributed by atoms with Crippen LogP contribution in [0.15, 0.2) is 42.6 Å². The van der Waals surface area contributed by atoms with Crippen molar-refractivity contribution in [3.05, 3.63) is 70.0 Å². The SMILES string of the molecule is Cn1ncc(Cl)c1CC1c2cc(OC3CNC3)ccc2C(=O)N1Cc1ccc2[nH]nnc2c1. The lowest BCUT2D eigenvalue weighted by Gasteiger charge is -2.28. The number of nitrogens with zero attached hydrogens (tertiary/aromatic N) is 5. The largest absolute Gasteiger partial charge is 0.488 e. The summed E-state index contributed by atoms with van der Waals surface area (Å²) in [5.74, 6) is 0.769. The molecule has 0 bridgehead atoms. The molecular weight excluding hydrogens is 442 g/mol. The maximum absolute atomic E-state index is 13.5. The number of carbonyl (C=O) groups excluding carboxylic acids is 1. The molecule has 2 aromatic carbocycles. The van der Waals surface area contributed by atoms with Gasteiger partial charge in [-0.05, 0) is 41.5 Å². The Kier molecular flexibility index (Phi) is 4.81. The molecule has 0 aliphatic carbocycles. The van der Waals surface area contributed by atoms with Crippen LogP contribution in [0.4, 0.5) is 0 Å². The second-order valence-electron chi connectivity index (χ2n) is 8.53. The van der Waals surface area contributed by atoms with Crippen molar-refractivity contribution in [3.63, 3.8) is 0 Å². The third-order valence-corrected chi connectivity index (χ3v) is 6.75. The second-order valence-corrected chi connectivity index (χ2v) is 8.93. The minimum atomic E-state index is -0.198. The fourth-order valence-corrected chi connectivity index (χ4v) is 4.76. The van der Waals surface area contributed by atoms with E-state index in [0.29, 0.717) is 23.6 Å². The maximum Gasteiger partial charge on any atom is 0.255 e. The molecule has 0 saturated carbocycles. The predicted molar refractivity (Wildman–Crippen MR) is 122 cm³/mol. The van der Waals surface area contributed by atoms with Gasteiger partial charge in [0.25, 0.3) is 5.91 Å². The summed E-state index contributed by atoms with van der Waals surface area (Å²) in [6.07, 6.45) is 2.35. The van der Waals surface area contributed by atoms with Gasteiger partial charge in [0.1, 0.15) is 17.4 Å². The Balaban J connectivity index is 1.37. The minimum Gasteiger partial charge on any atom is -0.488 e. The van der Waals surface area contributed by atoms with E-state index >= 15 is 0 Å². The Hall–Kier alpha value is -3.43. The van der Waals surface area contributed by atoms with Crippen LogP contribution in [-0.4, -0.2) is 55.2 Å². The highest BCUT2D eigenvalue weighted by molar-refractivity contribution is 6.31. The molecule has 10 heteroatoms. The Morgan fingerprint density at radius 3 is 2.85 bits per heavy atom. The van der Waals surface area contributed by atoms with Crippen molar-refractivity contribution in [2.24, 2.45) is 7.05 Å². The Morgan fingerprint density at radius 2 is 2.09 bits per heavy atom. The highest BCUT2D eigenvalue weighted by Gasteiger charge is 2.38. The van der Waals surface area contributed by atoms with Crippen molar-refractivity contribution in [2.45, 2.75) is 25.1 Å². The number of carbonyl (C=O) groups is 1. The summed E-state index contributed by atoms with van der Waals surface area (Å²) < 4.78 is 7.85. The molecule has 168 valence electrons. The highest BCUT2D eigenvalue weighted by atomic mass is 35.5. The smallest absolute Gasteiger partial charge is 0.255 e. The summed E-state index contributed by atoms with van der Waals surface area (Å²) in [6.45, 7) is 2.11. The molecule has 2 N–H and O–H groups in total. The number of fused-ring (bicyclic) bond motifs is 2. The topological polar surface area (TPSA) is 101 Å². The zero-order valence-corrected chi connectivity index (χ0v) is 18.7. The van der Waals surface area contributed by atoms with Crippen LogP contribution in [0.25, 0.3) is 11.0 Å². The van der Waals surface area contributed by atoms with E-state index in [1.807, 2.05) is 48.3 Å². The highest BCUT2D eigenvalue weighted by Crippen LogP contribution is 2.40. The van der Waals surface area contributed by atoms with Gasteiger partial charge in [0.2, 0.25) is 0 Å². The summed E-state index contributed by atoms with van der Waals surface area (Å²) in [6, 6.07) is 11.4. The van der Waals surface area contributed by atoms with Crippen LogP contribution in [0.2, 0.25) is 5.02 Å². The molecular formula is C23H22ClN7O2. The minimum absolute atomic E-state index is 0.00889. The number of halogens is 1. The molecule has 1 fully saturated rings. The molecule has 0 spiro atoms. The van der Waals surface area contributed by atoms with Crippen LogP contribution in [0, 0.1) is 0 Å². The van der Waals surface area contributed by atoms with Crippen LogP contribution in [-0.2, 0) is 20.0 Å². The van der Waals surface area contributed by atoms with Crippen molar-refractivity contribution in [2.75, 3.05) is 13.1 Å². The molecule has 9 nitrogen and oxygen atoms in total. The lowest BCUT2D eigenvalue weighted by Crippen LogP contribution is -2.50. The van der Waals surface area contributed by atoms with Crippen LogP contribution >= 0.6 is 11.6 Å². The first kappa shape index (κ1) is 20.2. The van der Waals surface area contributed by atoms with E-state index in [0.717, 1.165) is 46.7 Å². The van der Waals surface area contributed by atoms with E-state index in [9.17, 15) is 4.79 Å². The third-order valence-electron chi connectivity index (χ3n) is 6.44. The zero-order valence-electron chi connectivity index (χ0n) is 18.0. The number of nitrogens with one attached hydrogen (secondary N) is 2. The maximum atomic E-state index is 13.5. The number of aromatic amines is 1. The van der Waals surface area contributed by atoms with Gasteiger partial charge in [0.15, 0.2) is 0 Å². The molecule has 4 heterocycles. The van der Waals surface area contributed by atoms with E-state index < -0.39 is 0 Å². The van der Waals surface area contributed by atoms with E-state index in [1.165, 1.54) is 0 Å². The number of ether oxygens (including phenoxy) is 1. The number of amides is 1. The van der Waals surface area contributed by atoms with Crippen molar-refractivity contribution in [3.8, 4) is 5.75 Å². The van der Waals surface area contributed by atoms with Gasteiger partial charge in [-0.3, -0.25) is 14.6 Å². The lowest BCUT2D eigenvalue weighted by atomic mass is 10.00. The number of aromatic nitrogens is 5. The Labute approximate surface area is 194 Å². The quantitative estimate of drug-likeness (QED) is 0.456. The average Bonchev–Trinajstić information content (AvgIpc) is 3.45. The van der Waals surface area contributed by atoms with Gasteiger partial charge in [-0.15, -0.1) is 5.10 Å². The molecule has 33 heavy (non-hydrogen) atoms. The molecule has 1 amide bonds. The normalized spacial score (nSPS) is 18.1. The van der Waals surface area contributed by atoms with Gasteiger partial charge in [0.05, 0.1) is 28.5 Å². The van der Waals surface area contributed by atoms with Crippen LogP contribution in [0.1, 0.15) is 33.2 Å². The monoisotopic (exact) mass is 463 g/mol. The van der Waals surface area contributed by atoms with Crippen molar-refractivity contribution < 1.29 is 9.53 Å². The second kappa shape index (κ2) is 7.86. The van der Waals surface area contributed by atoms with Gasteiger partial charge < -0.3 is 15.0 Å². The van der Waals surface area contributed by atoms with Gasteiger partial charge in [-0.2, -0.15) is 5.10 Å². The average molecular weight is 464 g/mol. The number of hydrogen-bond acceptors (Lipinski definition) is 6. The van der Waals surface area contributed by atoms with E-state index in [-0.39, 0.29) is 18.1 Å². The van der Waals surface area contributed by atoms with Crippen molar-refractivity contribution in [1.29, 1.82) is 0 Å². The summed E-state index contributed by atoms with van der Waals surface area (Å²) in [4.78, 5) is 15.4. The van der Waals surface area contributed by atoms with E-state index in [4.69, 9.17) is 16.3 Å². The van der Waals surface area contributed by atoms with Crippen LogP contribution < -0.4 is 10.1 Å².